The molecule has 0 amide bonds. The number of hydrogen-bond acceptors (Lipinski definition) is 4. The fourth-order valence-electron chi connectivity index (χ4n) is 1.15. The number of halogens is 4. The van der Waals surface area contributed by atoms with E-state index >= 15 is 0 Å². The maximum absolute atomic E-state index is 12.0. The van der Waals surface area contributed by atoms with Crippen LogP contribution in [0, 0.1) is 10.1 Å². The lowest BCUT2D eigenvalue weighted by molar-refractivity contribution is -0.384. The Morgan fingerprint density at radius 1 is 1.47 bits per heavy atom. The highest BCUT2D eigenvalue weighted by atomic mass is 79.9. The van der Waals surface area contributed by atoms with Crippen LogP contribution in [0.25, 0.3) is 0 Å². The van der Waals surface area contributed by atoms with Gasteiger partial charge in [0.2, 0.25) is 0 Å². The Labute approximate surface area is 102 Å². The van der Waals surface area contributed by atoms with Crippen molar-refractivity contribution in [3.8, 4) is 5.75 Å². The largest absolute Gasteiger partial charge is 0.573 e. The van der Waals surface area contributed by atoms with E-state index in [0.29, 0.717) is 6.07 Å². The fraction of sp³-hybridized carbons (Fsp3) is 0.250. The van der Waals surface area contributed by atoms with Gasteiger partial charge in [0.15, 0.2) is 0 Å². The Kier molecular flexibility index (Phi) is 3.81. The molecule has 1 N–H and O–H groups in total. The zero-order valence-electron chi connectivity index (χ0n) is 8.34. The van der Waals surface area contributed by atoms with Crippen LogP contribution < -0.4 is 10.1 Å². The average molecular weight is 315 g/mol. The molecule has 0 radical (unpaired) electrons. The summed E-state index contributed by atoms with van der Waals surface area (Å²) in [6.45, 7) is 0. The van der Waals surface area contributed by atoms with Gasteiger partial charge in [-0.05, 0) is 22.0 Å². The molecule has 0 saturated carbocycles. The van der Waals surface area contributed by atoms with Crippen LogP contribution in [0.15, 0.2) is 16.6 Å². The maximum Gasteiger partial charge on any atom is 0.573 e. The summed E-state index contributed by atoms with van der Waals surface area (Å²) in [4.78, 5) is 9.85. The predicted octanol–water partition coefficient (Wildman–Crippen LogP) is 3.30. The smallest absolute Gasteiger partial charge is 0.405 e. The summed E-state index contributed by atoms with van der Waals surface area (Å²) >= 11 is 2.92. The number of alkyl halides is 3. The summed E-state index contributed by atoms with van der Waals surface area (Å²) in [6, 6.07) is 1.69. The molecule has 0 atom stereocenters. The van der Waals surface area contributed by atoms with E-state index in [0.717, 1.165) is 6.07 Å². The van der Waals surface area contributed by atoms with Gasteiger partial charge in [-0.1, -0.05) is 0 Å². The van der Waals surface area contributed by atoms with Crippen molar-refractivity contribution >= 4 is 27.3 Å². The van der Waals surface area contributed by atoms with Gasteiger partial charge in [-0.2, -0.15) is 0 Å². The zero-order chi connectivity index (χ0) is 13.2. The highest BCUT2D eigenvalue weighted by Gasteiger charge is 2.32. The van der Waals surface area contributed by atoms with Crippen molar-refractivity contribution in [2.24, 2.45) is 0 Å². The van der Waals surface area contributed by atoms with Crippen LogP contribution in [0.4, 0.5) is 24.5 Å². The monoisotopic (exact) mass is 314 g/mol. The summed E-state index contributed by atoms with van der Waals surface area (Å²) in [6.07, 6.45) is -4.89. The van der Waals surface area contributed by atoms with Crippen molar-refractivity contribution in [3.63, 3.8) is 0 Å². The standard InChI is InChI=1S/C8H6BrF3N2O3/c1-13-7-5(9)2-4(17-8(10,11)12)3-6(7)14(15)16/h2-3,13H,1H3. The first-order chi connectivity index (χ1) is 7.74. The molecule has 0 aromatic heterocycles. The van der Waals surface area contributed by atoms with Crippen LogP contribution in [0.2, 0.25) is 0 Å². The van der Waals surface area contributed by atoms with Gasteiger partial charge in [0.25, 0.3) is 5.69 Å². The summed E-state index contributed by atoms with van der Waals surface area (Å²) in [5.74, 6) is -0.657. The molecule has 9 heteroatoms. The maximum atomic E-state index is 12.0. The molecule has 5 nitrogen and oxygen atoms in total. The first kappa shape index (κ1) is 13.6. The average Bonchev–Trinajstić information content (AvgIpc) is 2.13. The van der Waals surface area contributed by atoms with Crippen molar-refractivity contribution < 1.29 is 22.8 Å². The second-order valence-corrected chi connectivity index (χ2v) is 3.71. The lowest BCUT2D eigenvalue weighted by Gasteiger charge is -2.11. The normalized spacial score (nSPS) is 11.1. The topological polar surface area (TPSA) is 64.4 Å². The van der Waals surface area contributed by atoms with E-state index < -0.39 is 22.7 Å². The van der Waals surface area contributed by atoms with Crippen molar-refractivity contribution in [3.05, 3.63) is 26.7 Å². The quantitative estimate of drug-likeness (QED) is 0.686. The SMILES string of the molecule is CNc1c(Br)cc(OC(F)(F)F)cc1[N+](=O)[O-]. The highest BCUT2D eigenvalue weighted by molar-refractivity contribution is 9.10. The van der Waals surface area contributed by atoms with Gasteiger partial charge in [-0.25, -0.2) is 0 Å². The van der Waals surface area contributed by atoms with Gasteiger partial charge in [0, 0.05) is 7.05 Å². The Bertz CT molecular complexity index is 450. The third-order valence-electron chi connectivity index (χ3n) is 1.72. The number of ether oxygens (including phenoxy) is 1. The van der Waals surface area contributed by atoms with Crippen LogP contribution in [0.5, 0.6) is 5.75 Å². The molecule has 0 saturated heterocycles. The third-order valence-corrected chi connectivity index (χ3v) is 2.35. The van der Waals surface area contributed by atoms with Crippen molar-refractivity contribution in [2.75, 3.05) is 12.4 Å². The molecule has 0 aliphatic heterocycles. The number of benzene rings is 1. The number of nitro groups is 1. The predicted molar refractivity (Wildman–Crippen MR) is 57.0 cm³/mol. The molecular weight excluding hydrogens is 309 g/mol. The molecule has 0 unspecified atom stereocenters. The number of anilines is 1. The minimum Gasteiger partial charge on any atom is -0.405 e. The van der Waals surface area contributed by atoms with Gasteiger partial charge in [0.1, 0.15) is 11.4 Å². The number of nitrogens with one attached hydrogen (secondary N) is 1. The van der Waals surface area contributed by atoms with E-state index in [1.165, 1.54) is 7.05 Å². The van der Waals surface area contributed by atoms with E-state index in [-0.39, 0.29) is 10.2 Å². The summed E-state index contributed by atoms with van der Waals surface area (Å²) in [5.41, 5.74) is -0.439. The van der Waals surface area contributed by atoms with Gasteiger partial charge < -0.3 is 10.1 Å². The molecule has 1 rings (SSSR count). The molecule has 17 heavy (non-hydrogen) atoms. The molecular formula is C8H6BrF3N2O3. The van der Waals surface area contributed by atoms with Crippen LogP contribution in [0.3, 0.4) is 0 Å². The van der Waals surface area contributed by atoms with E-state index in [4.69, 9.17) is 0 Å². The summed E-state index contributed by atoms with van der Waals surface area (Å²) in [5, 5.41) is 13.2. The molecule has 1 aromatic rings. The third kappa shape index (κ3) is 3.48. The van der Waals surface area contributed by atoms with Crippen molar-refractivity contribution in [1.29, 1.82) is 0 Å². The van der Waals surface area contributed by atoms with E-state index in [2.05, 4.69) is 26.0 Å². The van der Waals surface area contributed by atoms with Crippen LogP contribution in [-0.4, -0.2) is 18.3 Å². The molecule has 0 aliphatic rings. The molecule has 94 valence electrons. The summed E-state index contributed by atoms with van der Waals surface area (Å²) < 4.78 is 39.6. The van der Waals surface area contributed by atoms with Crippen molar-refractivity contribution in [2.45, 2.75) is 6.36 Å². The zero-order valence-corrected chi connectivity index (χ0v) is 9.92. The minimum absolute atomic E-state index is 0.0736. The van der Waals surface area contributed by atoms with Gasteiger partial charge in [-0.3, -0.25) is 10.1 Å². The second kappa shape index (κ2) is 4.78. The Morgan fingerprint density at radius 2 is 2.06 bits per heavy atom. The van der Waals surface area contributed by atoms with E-state index in [1.54, 1.807) is 0 Å². The molecule has 0 heterocycles. The second-order valence-electron chi connectivity index (χ2n) is 2.85. The van der Waals surface area contributed by atoms with Crippen molar-refractivity contribution in [1.82, 2.24) is 0 Å². The number of rotatable bonds is 3. The molecule has 0 spiro atoms. The fourth-order valence-corrected chi connectivity index (χ4v) is 1.78. The molecule has 0 aliphatic carbocycles. The Balaban J connectivity index is 3.25. The van der Waals surface area contributed by atoms with Gasteiger partial charge in [-0.15, -0.1) is 13.2 Å². The van der Waals surface area contributed by atoms with Crippen LogP contribution in [0.1, 0.15) is 0 Å². The number of nitro benzene ring substituents is 1. The minimum atomic E-state index is -4.89. The summed E-state index contributed by atoms with van der Waals surface area (Å²) in [7, 11) is 1.41. The molecule has 0 bridgehead atoms. The number of nitrogens with zero attached hydrogens (tertiary/aromatic N) is 1. The molecule has 1 aromatic carbocycles. The van der Waals surface area contributed by atoms with Crippen LogP contribution >= 0.6 is 15.9 Å². The Hall–Kier alpha value is -1.51. The van der Waals surface area contributed by atoms with Gasteiger partial charge in [0.05, 0.1) is 15.5 Å². The highest BCUT2D eigenvalue weighted by Crippen LogP contribution is 2.38. The van der Waals surface area contributed by atoms with E-state index in [9.17, 15) is 23.3 Å². The first-order valence-electron chi connectivity index (χ1n) is 4.16. The number of hydrogen-bond donors (Lipinski definition) is 1. The first-order valence-corrected chi connectivity index (χ1v) is 4.95. The molecule has 0 fully saturated rings. The lowest BCUT2D eigenvalue weighted by atomic mass is 10.2. The van der Waals surface area contributed by atoms with Gasteiger partial charge >= 0.3 is 6.36 Å². The Morgan fingerprint density at radius 3 is 2.47 bits per heavy atom. The van der Waals surface area contributed by atoms with Crippen LogP contribution in [-0.2, 0) is 0 Å². The van der Waals surface area contributed by atoms with E-state index in [1.807, 2.05) is 0 Å². The lowest BCUT2D eigenvalue weighted by Crippen LogP contribution is -2.17.